The fourth-order valence-corrected chi connectivity index (χ4v) is 2.70. The molecule has 1 amide bonds. The topological polar surface area (TPSA) is 83.6 Å². The van der Waals surface area contributed by atoms with Crippen LogP contribution >= 0.6 is 0 Å². The summed E-state index contributed by atoms with van der Waals surface area (Å²) in [5.41, 5.74) is -0.0286. The Bertz CT molecular complexity index is 549. The molecule has 20 heavy (non-hydrogen) atoms. The molecule has 1 aliphatic carbocycles. The van der Waals surface area contributed by atoms with Crippen molar-refractivity contribution in [2.24, 2.45) is 5.41 Å². The average Bonchev–Trinajstić information content (AvgIpc) is 3.16. The average molecular weight is 278 g/mol. The molecule has 3 rings (SSSR count). The zero-order chi connectivity index (χ0) is 14.3. The normalized spacial score (nSPS) is 26.6. The fourth-order valence-electron chi connectivity index (χ4n) is 2.70. The van der Waals surface area contributed by atoms with Crippen LogP contribution in [0.2, 0.25) is 0 Å². The number of hydrogen-bond donors (Lipinski definition) is 1. The monoisotopic (exact) mass is 278 g/mol. The maximum atomic E-state index is 12.4. The molecule has 0 radical (unpaired) electrons. The van der Waals surface area contributed by atoms with Crippen molar-refractivity contribution in [1.29, 1.82) is 0 Å². The highest BCUT2D eigenvalue weighted by Gasteiger charge is 2.40. The number of aliphatic carboxylic acids is 1. The van der Waals surface area contributed by atoms with Gasteiger partial charge in [0.05, 0.1) is 11.1 Å². The molecule has 2 heterocycles. The van der Waals surface area contributed by atoms with Crippen LogP contribution in [0, 0.1) is 5.41 Å². The Hall–Kier alpha value is -1.85. The van der Waals surface area contributed by atoms with E-state index >= 15 is 0 Å². The number of carbonyl (C=O) groups is 2. The standard InChI is InChI=1S/C14H18N2O4/c1-14(13(18)19)5-2-6-16(8-14)12(17)11-7-10(15-20-11)9-3-4-9/h7,9H,2-6,8H2,1H3,(H,18,19). The van der Waals surface area contributed by atoms with Crippen LogP contribution in [0.4, 0.5) is 0 Å². The van der Waals surface area contributed by atoms with Crippen LogP contribution in [-0.4, -0.2) is 40.1 Å². The van der Waals surface area contributed by atoms with Crippen LogP contribution in [0.1, 0.15) is 54.8 Å². The lowest BCUT2D eigenvalue weighted by Crippen LogP contribution is -2.48. The smallest absolute Gasteiger partial charge is 0.311 e. The number of aromatic nitrogens is 1. The maximum Gasteiger partial charge on any atom is 0.311 e. The van der Waals surface area contributed by atoms with Gasteiger partial charge >= 0.3 is 5.97 Å². The molecule has 1 aromatic rings. The molecule has 1 aliphatic heterocycles. The van der Waals surface area contributed by atoms with Crippen molar-refractivity contribution >= 4 is 11.9 Å². The number of carboxylic acids is 1. The van der Waals surface area contributed by atoms with Gasteiger partial charge in [-0.1, -0.05) is 5.16 Å². The van der Waals surface area contributed by atoms with Gasteiger partial charge in [0.1, 0.15) is 0 Å². The minimum Gasteiger partial charge on any atom is -0.481 e. The van der Waals surface area contributed by atoms with E-state index in [-0.39, 0.29) is 18.2 Å². The second-order valence-corrected chi connectivity index (χ2v) is 6.09. The molecule has 2 aliphatic rings. The first-order valence-electron chi connectivity index (χ1n) is 6.99. The number of rotatable bonds is 3. The highest BCUT2D eigenvalue weighted by Crippen LogP contribution is 2.39. The molecule has 1 aromatic heterocycles. The molecule has 1 unspecified atom stereocenters. The minimum absolute atomic E-state index is 0.223. The van der Waals surface area contributed by atoms with Crippen molar-refractivity contribution in [2.75, 3.05) is 13.1 Å². The Morgan fingerprint density at radius 3 is 2.90 bits per heavy atom. The van der Waals surface area contributed by atoms with Crippen LogP contribution in [0.15, 0.2) is 10.6 Å². The van der Waals surface area contributed by atoms with E-state index in [4.69, 9.17) is 4.52 Å². The number of carbonyl (C=O) groups excluding carboxylic acids is 1. The lowest BCUT2D eigenvalue weighted by atomic mass is 9.82. The van der Waals surface area contributed by atoms with Gasteiger partial charge in [0.25, 0.3) is 5.91 Å². The molecular formula is C14H18N2O4. The lowest BCUT2D eigenvalue weighted by Gasteiger charge is -2.36. The van der Waals surface area contributed by atoms with E-state index in [9.17, 15) is 14.7 Å². The van der Waals surface area contributed by atoms with Gasteiger partial charge in [-0.3, -0.25) is 9.59 Å². The maximum absolute atomic E-state index is 12.4. The summed E-state index contributed by atoms with van der Waals surface area (Å²) in [6.07, 6.45) is 3.48. The highest BCUT2D eigenvalue weighted by molar-refractivity contribution is 5.92. The van der Waals surface area contributed by atoms with Gasteiger partial charge in [-0.2, -0.15) is 0 Å². The number of piperidine rings is 1. The summed E-state index contributed by atoms with van der Waals surface area (Å²) in [5.74, 6) is -0.449. The zero-order valence-electron chi connectivity index (χ0n) is 11.5. The summed E-state index contributed by atoms with van der Waals surface area (Å²) in [4.78, 5) is 25.2. The van der Waals surface area contributed by atoms with Crippen LogP contribution in [0.5, 0.6) is 0 Å². The summed E-state index contributed by atoms with van der Waals surface area (Å²) >= 11 is 0. The number of hydrogen-bond acceptors (Lipinski definition) is 4. The molecule has 108 valence electrons. The van der Waals surface area contributed by atoms with Gasteiger partial charge in [0, 0.05) is 25.1 Å². The molecule has 0 spiro atoms. The molecule has 0 bridgehead atoms. The summed E-state index contributed by atoms with van der Waals surface area (Å²) in [5, 5.41) is 13.2. The number of likely N-dealkylation sites (tertiary alicyclic amines) is 1. The molecule has 1 saturated carbocycles. The number of amides is 1. The van der Waals surface area contributed by atoms with Crippen molar-refractivity contribution in [3.8, 4) is 0 Å². The Kier molecular flexibility index (Phi) is 3.03. The summed E-state index contributed by atoms with van der Waals surface area (Å²) in [7, 11) is 0. The van der Waals surface area contributed by atoms with Crippen molar-refractivity contribution in [3.63, 3.8) is 0 Å². The van der Waals surface area contributed by atoms with E-state index < -0.39 is 11.4 Å². The Balaban J connectivity index is 1.73. The van der Waals surface area contributed by atoms with E-state index in [1.165, 1.54) is 0 Å². The number of nitrogens with zero attached hydrogens (tertiary/aromatic N) is 2. The van der Waals surface area contributed by atoms with Gasteiger partial charge in [0.15, 0.2) is 0 Å². The molecule has 6 heteroatoms. The number of carboxylic acid groups (broad SMARTS) is 1. The van der Waals surface area contributed by atoms with Gasteiger partial charge < -0.3 is 14.5 Å². The largest absolute Gasteiger partial charge is 0.481 e. The molecule has 6 nitrogen and oxygen atoms in total. The third kappa shape index (κ3) is 2.30. The van der Waals surface area contributed by atoms with Gasteiger partial charge in [0.2, 0.25) is 5.76 Å². The molecule has 1 N–H and O–H groups in total. The van der Waals surface area contributed by atoms with E-state index in [1.54, 1.807) is 17.9 Å². The first-order valence-corrected chi connectivity index (χ1v) is 6.99. The summed E-state index contributed by atoms with van der Waals surface area (Å²) < 4.78 is 5.12. The molecule has 1 atom stereocenters. The molecular weight excluding hydrogens is 260 g/mol. The third-order valence-electron chi connectivity index (χ3n) is 4.23. The van der Waals surface area contributed by atoms with Crippen molar-refractivity contribution in [3.05, 3.63) is 17.5 Å². The SMILES string of the molecule is CC1(C(=O)O)CCCN(C(=O)c2cc(C3CC3)no2)C1. The summed E-state index contributed by atoms with van der Waals surface area (Å²) in [6.45, 7) is 2.48. The van der Waals surface area contributed by atoms with E-state index in [1.807, 2.05) is 0 Å². The van der Waals surface area contributed by atoms with Gasteiger partial charge in [-0.25, -0.2) is 0 Å². The fraction of sp³-hybridized carbons (Fsp3) is 0.643. The van der Waals surface area contributed by atoms with Crippen LogP contribution in [0.3, 0.4) is 0 Å². The second kappa shape index (κ2) is 4.61. The highest BCUT2D eigenvalue weighted by atomic mass is 16.5. The van der Waals surface area contributed by atoms with E-state index in [0.29, 0.717) is 25.3 Å². The van der Waals surface area contributed by atoms with Crippen molar-refractivity contribution in [1.82, 2.24) is 10.1 Å². The molecule has 2 fully saturated rings. The third-order valence-corrected chi connectivity index (χ3v) is 4.23. The van der Waals surface area contributed by atoms with Crippen LogP contribution in [0.25, 0.3) is 0 Å². The first kappa shape index (κ1) is 13.1. The van der Waals surface area contributed by atoms with Crippen molar-refractivity contribution in [2.45, 2.75) is 38.5 Å². The Morgan fingerprint density at radius 1 is 1.50 bits per heavy atom. The van der Waals surface area contributed by atoms with E-state index in [0.717, 1.165) is 18.5 Å². The second-order valence-electron chi connectivity index (χ2n) is 6.09. The van der Waals surface area contributed by atoms with Crippen molar-refractivity contribution < 1.29 is 19.2 Å². The van der Waals surface area contributed by atoms with Crippen LogP contribution < -0.4 is 0 Å². The quantitative estimate of drug-likeness (QED) is 0.912. The molecule has 0 aromatic carbocycles. The van der Waals surface area contributed by atoms with Gasteiger partial charge in [-0.05, 0) is 32.6 Å². The summed E-state index contributed by atoms with van der Waals surface area (Å²) in [6, 6.07) is 1.70. The first-order chi connectivity index (χ1) is 9.49. The zero-order valence-corrected chi connectivity index (χ0v) is 11.5. The predicted octanol–water partition coefficient (Wildman–Crippen LogP) is 1.88. The minimum atomic E-state index is -0.868. The predicted molar refractivity (Wildman–Crippen MR) is 69.4 cm³/mol. The van der Waals surface area contributed by atoms with E-state index in [2.05, 4.69) is 5.16 Å². The van der Waals surface area contributed by atoms with Gasteiger partial charge in [-0.15, -0.1) is 0 Å². The lowest BCUT2D eigenvalue weighted by molar-refractivity contribution is -0.150. The Labute approximate surface area is 116 Å². The molecule has 1 saturated heterocycles. The van der Waals surface area contributed by atoms with Crippen LogP contribution in [-0.2, 0) is 4.79 Å². The Morgan fingerprint density at radius 2 is 2.25 bits per heavy atom.